The molecule has 290 valence electrons. The molecule has 0 fully saturated rings. The van der Waals surface area contributed by atoms with E-state index in [2.05, 4.69) is 209 Å². The summed E-state index contributed by atoms with van der Waals surface area (Å²) in [6.07, 6.45) is 0. The highest BCUT2D eigenvalue weighted by atomic mass is 15.2. The standard InChI is InChI=1S/C46H44N2.2C2H6.2CH4.4H2/c1-45(2,3)33-27-29-39-41(31-33)43(47(35-19-11-7-12-20-35)36-21-13-8-14-22-36)40-30-28-34(46(4,5)6)32-42(40)44(39)48(37-23-15-9-16-24-37)38-25-17-10-18-26-38;2*1-2;;;;;;/h7-32H,1-6H3;2*1-2H3;2*1H4;4*1H/i;;;2*1D;4*1+1D. The second kappa shape index (κ2) is 18.6. The molecule has 0 unspecified atom stereocenters. The van der Waals surface area contributed by atoms with Crippen LogP contribution in [0.25, 0.3) is 21.5 Å². The van der Waals surface area contributed by atoms with Gasteiger partial charge in [-0.1, -0.05) is 181 Å². The fourth-order valence-electron chi connectivity index (χ4n) is 6.72. The van der Waals surface area contributed by atoms with Crippen molar-refractivity contribution in [3.05, 3.63) is 169 Å². The predicted octanol–water partition coefficient (Wildman–Crippen LogP) is 17.8. The van der Waals surface area contributed by atoms with E-state index in [1.807, 2.05) is 27.7 Å². The normalized spacial score (nSPS) is 11.7. The third-order valence-electron chi connectivity index (χ3n) is 9.30. The highest BCUT2D eigenvalue weighted by Gasteiger charge is 2.28. The average molecular weight is 735 g/mol. The van der Waals surface area contributed by atoms with Crippen LogP contribution >= 0.6 is 0 Å². The Morgan fingerprint density at radius 3 is 0.852 bits per heavy atom. The number of hydrogen-bond donors (Lipinski definition) is 0. The number of rotatable bonds is 6. The zero-order valence-electron chi connectivity index (χ0n) is 44.9. The van der Waals surface area contributed by atoms with Gasteiger partial charge in [0.05, 0.1) is 11.4 Å². The minimum absolute atomic E-state index is 0.0282. The van der Waals surface area contributed by atoms with E-state index in [0.717, 1.165) is 22.7 Å². The van der Waals surface area contributed by atoms with Crippen molar-refractivity contribution < 1.29 is 14.6 Å². The summed E-state index contributed by atoms with van der Waals surface area (Å²) in [5.74, 6) is 0. The molecule has 0 radical (unpaired) electrons. The summed E-state index contributed by atoms with van der Waals surface area (Å²) < 4.78 is 51.5. The van der Waals surface area contributed by atoms with Gasteiger partial charge < -0.3 is 9.80 Å². The van der Waals surface area contributed by atoms with E-state index >= 15 is 0 Å². The Labute approximate surface area is 343 Å². The van der Waals surface area contributed by atoms with Gasteiger partial charge in [-0.2, -0.15) is 0 Å². The van der Waals surface area contributed by atoms with E-state index in [9.17, 15) is 0 Å². The van der Waals surface area contributed by atoms with Crippen LogP contribution in [0.1, 0.15) is 110 Å². The number of nitrogens with zero attached hydrogens (tertiary/aromatic N) is 2. The monoisotopic (exact) mass is 735 g/mol. The van der Waals surface area contributed by atoms with Gasteiger partial charge in [0.15, 0.2) is 0 Å². The first-order valence-corrected chi connectivity index (χ1v) is 19.0. The molecule has 0 atom stereocenters. The van der Waals surface area contributed by atoms with Crippen LogP contribution in [-0.4, -0.2) is 0 Å². The summed E-state index contributed by atoms with van der Waals surface area (Å²) in [7, 11) is 2.50. The molecule has 7 aromatic carbocycles. The van der Waals surface area contributed by atoms with Crippen LogP contribution in [0, 0.1) is 0 Å². The third kappa shape index (κ3) is 8.88. The second-order valence-corrected chi connectivity index (χ2v) is 14.7. The van der Waals surface area contributed by atoms with Gasteiger partial charge in [-0.3, -0.25) is 0 Å². The minimum atomic E-state index is -0.0282. The molecule has 0 saturated heterocycles. The summed E-state index contributed by atoms with van der Waals surface area (Å²) >= 11 is 0. The lowest BCUT2D eigenvalue weighted by atomic mass is 9.82. The average Bonchev–Trinajstić information content (AvgIpc) is 3.37. The summed E-state index contributed by atoms with van der Waals surface area (Å²) in [6, 6.07) is 57.5. The van der Waals surface area contributed by atoms with Gasteiger partial charge in [-0.25, -0.2) is 0 Å². The lowest BCUT2D eigenvalue weighted by molar-refractivity contribution is 0.590. The van der Waals surface area contributed by atoms with Crippen molar-refractivity contribution in [3.63, 3.8) is 0 Å². The summed E-state index contributed by atoms with van der Waals surface area (Å²) in [4.78, 5) is 4.90. The lowest BCUT2D eigenvalue weighted by Crippen LogP contribution is -2.16. The Morgan fingerprint density at radius 2 is 0.630 bits per heavy atom. The molecule has 0 aliphatic heterocycles. The van der Waals surface area contributed by atoms with Crippen LogP contribution in [-0.2, 0) is 10.8 Å². The molecule has 0 bridgehead atoms. The fraction of sp³-hybridized carbons (Fsp3) is 0.269. The zero-order valence-corrected chi connectivity index (χ0v) is 34.9. The SMILES string of the molecule is CC.CC.CC(C)(C)c1ccc2c(N(c3ccccc3)c3ccccc3)c3cc(C(C)(C)C)ccc3c(N(c3ccccc3)c3ccccc3)c2c1.[2H]C.[2H]C.[2H][2H].[2H][2H].[2H][2H].[2H][2H]. The molecular formula is C52H72N2. The molecule has 0 saturated carbocycles. The third-order valence-corrected chi connectivity index (χ3v) is 9.30. The number of para-hydroxylation sites is 4. The van der Waals surface area contributed by atoms with Crippen molar-refractivity contribution in [3.8, 4) is 0 Å². The van der Waals surface area contributed by atoms with Crippen molar-refractivity contribution in [1.82, 2.24) is 0 Å². The second-order valence-electron chi connectivity index (χ2n) is 14.7. The molecule has 0 heterocycles. The van der Waals surface area contributed by atoms with Crippen molar-refractivity contribution in [1.29, 1.82) is 0 Å². The first-order valence-electron chi connectivity index (χ1n) is 25.0. The molecule has 0 N–H and O–H groups in total. The summed E-state index contributed by atoms with van der Waals surface area (Å²) in [6.45, 7) is 21.8. The predicted molar refractivity (Wildman–Crippen MR) is 253 cm³/mol. The Balaban J connectivity index is 0. The van der Waals surface area contributed by atoms with Gasteiger partial charge in [0, 0.05) is 58.9 Å². The Morgan fingerprint density at radius 1 is 0.389 bits per heavy atom. The largest absolute Gasteiger partial charge is 0.309 e. The van der Waals surface area contributed by atoms with Crippen LogP contribution in [0.5, 0.6) is 0 Å². The maximum absolute atomic E-state index is 5.75. The molecule has 0 aliphatic rings. The quantitative estimate of drug-likeness (QED) is 0.124. The molecule has 0 amide bonds. The van der Waals surface area contributed by atoms with Gasteiger partial charge in [0.1, 0.15) is 0 Å². The highest BCUT2D eigenvalue weighted by molar-refractivity contribution is 6.23. The van der Waals surface area contributed by atoms with Gasteiger partial charge in [-0.15, -0.1) is 0 Å². The molecule has 2 nitrogen and oxygen atoms in total. The molecule has 54 heavy (non-hydrogen) atoms. The van der Waals surface area contributed by atoms with Crippen LogP contribution in [0.3, 0.4) is 0 Å². The summed E-state index contributed by atoms with van der Waals surface area (Å²) in [5.41, 5.74) is 9.44. The Kier molecular flexibility index (Phi) is 11.9. The van der Waals surface area contributed by atoms with Gasteiger partial charge in [0.2, 0.25) is 0 Å². The number of hydrogen-bond acceptors (Lipinski definition) is 2. The van der Waals surface area contributed by atoms with Crippen LogP contribution in [0.4, 0.5) is 34.1 Å². The fourth-order valence-corrected chi connectivity index (χ4v) is 6.72. The van der Waals surface area contributed by atoms with Crippen molar-refractivity contribution in [2.24, 2.45) is 0 Å². The summed E-state index contributed by atoms with van der Waals surface area (Å²) in [5, 5.41) is 4.86. The van der Waals surface area contributed by atoms with Gasteiger partial charge >= 0.3 is 0 Å². The molecule has 7 aromatic rings. The van der Waals surface area contributed by atoms with Crippen LogP contribution in [0.2, 0.25) is 0 Å². The van der Waals surface area contributed by atoms with E-state index in [1.165, 1.54) is 58.9 Å². The minimum Gasteiger partial charge on any atom is -0.309 e. The number of benzene rings is 7. The van der Waals surface area contributed by atoms with Gasteiger partial charge in [-0.05, 0) is 82.6 Å². The first-order chi connectivity index (χ1) is 31.1. The Bertz CT molecular complexity index is 1970. The smallest absolute Gasteiger partial charge is 0.0620 e. The Hall–Kier alpha value is -5.34. The first kappa shape index (κ1) is 34.4. The number of anilines is 6. The maximum Gasteiger partial charge on any atom is 0.0620 e. The highest BCUT2D eigenvalue weighted by Crippen LogP contribution is 2.52. The van der Waals surface area contributed by atoms with Crippen molar-refractivity contribution in [2.75, 3.05) is 9.80 Å². The van der Waals surface area contributed by atoms with Gasteiger partial charge in [0.25, 0.3) is 0 Å². The van der Waals surface area contributed by atoms with E-state index in [-0.39, 0.29) is 10.8 Å². The molecule has 0 aromatic heterocycles. The molecule has 7 rings (SSSR count). The topological polar surface area (TPSA) is 6.48 Å². The molecule has 2 heteroatoms. The van der Waals surface area contributed by atoms with Crippen LogP contribution in [0.15, 0.2) is 158 Å². The molecular weight excluding hydrogens is 653 g/mol. The maximum atomic E-state index is 5.75. The molecule has 0 aliphatic carbocycles. The van der Waals surface area contributed by atoms with E-state index in [1.54, 1.807) is 0 Å². The van der Waals surface area contributed by atoms with E-state index < -0.39 is 0 Å². The van der Waals surface area contributed by atoms with E-state index in [0.29, 0.717) is 0 Å². The van der Waals surface area contributed by atoms with Crippen molar-refractivity contribution >= 4 is 55.7 Å². The number of fused-ring (bicyclic) bond motifs is 2. The van der Waals surface area contributed by atoms with E-state index in [4.69, 9.17) is 14.6 Å². The zero-order chi connectivity index (χ0) is 49.5. The van der Waals surface area contributed by atoms with Crippen molar-refractivity contribution in [2.45, 2.75) is 94.9 Å². The van der Waals surface area contributed by atoms with Crippen LogP contribution < -0.4 is 9.80 Å². The molecule has 0 spiro atoms. The lowest BCUT2D eigenvalue weighted by Gasteiger charge is -2.34.